The summed E-state index contributed by atoms with van der Waals surface area (Å²) in [5.74, 6) is 0.335. The highest BCUT2D eigenvalue weighted by molar-refractivity contribution is 8.14. The molecule has 0 saturated carbocycles. The van der Waals surface area contributed by atoms with Crippen molar-refractivity contribution in [3.05, 3.63) is 60.8 Å². The fourth-order valence-electron chi connectivity index (χ4n) is 16.2. The summed E-state index contributed by atoms with van der Waals surface area (Å²) in [6, 6.07) is 0. The predicted molar refractivity (Wildman–Crippen MR) is 576 cm³/mol. The van der Waals surface area contributed by atoms with E-state index >= 15 is 0 Å². The predicted octanol–water partition coefficient (Wildman–Crippen LogP) is 29.2. The third-order valence-electron chi connectivity index (χ3n) is 24.8. The lowest BCUT2D eigenvalue weighted by atomic mass is 9.97. The van der Waals surface area contributed by atoms with Gasteiger partial charge in [-0.3, -0.25) is 43.2 Å². The lowest BCUT2D eigenvalue weighted by Crippen LogP contribution is -2.39. The molecule has 136 heavy (non-hydrogen) atoms. The molecule has 3 amide bonds. The summed E-state index contributed by atoms with van der Waals surface area (Å²) in [5.41, 5.74) is 0. The van der Waals surface area contributed by atoms with E-state index in [2.05, 4.69) is 108 Å². The van der Waals surface area contributed by atoms with Gasteiger partial charge in [0.1, 0.15) is 57.8 Å². The third-order valence-corrected chi connectivity index (χ3v) is 27.7. The Morgan fingerprint density at radius 3 is 1.03 bits per heavy atom. The molecule has 0 aromatic rings. The van der Waals surface area contributed by atoms with E-state index in [9.17, 15) is 43.2 Å². The molecule has 0 fully saturated rings. The molecule has 0 heterocycles. The highest BCUT2D eigenvalue weighted by Gasteiger charge is 2.27. The van der Waals surface area contributed by atoms with Crippen molar-refractivity contribution in [2.45, 2.75) is 459 Å². The molecule has 0 N–H and O–H groups in total. The number of ether oxygens (including phenoxy) is 6. The van der Waals surface area contributed by atoms with Crippen molar-refractivity contribution >= 4 is 86.8 Å². The van der Waals surface area contributed by atoms with Gasteiger partial charge < -0.3 is 57.8 Å². The van der Waals surface area contributed by atoms with Crippen molar-refractivity contribution in [2.75, 3.05) is 137 Å². The number of carbonyl (C=O) groups is 9. The average molecular weight is 1970 g/mol. The summed E-state index contributed by atoms with van der Waals surface area (Å²) >= 11 is 3.67. The molecule has 0 aliphatic carbocycles. The minimum atomic E-state index is -0.529. The van der Waals surface area contributed by atoms with Crippen molar-refractivity contribution in [1.29, 1.82) is 0 Å². The quantitative estimate of drug-likeness (QED) is 0.0238. The van der Waals surface area contributed by atoms with Crippen LogP contribution in [0.4, 0.5) is 14.4 Å². The topological polar surface area (TPSA) is 228 Å². The molecule has 0 spiro atoms. The van der Waals surface area contributed by atoms with Crippen LogP contribution in [0.2, 0.25) is 0 Å². The van der Waals surface area contributed by atoms with Gasteiger partial charge in [-0.15, -0.1) is 0 Å². The maximum Gasteiger partial charge on any atom is 0.326 e. The van der Waals surface area contributed by atoms with Crippen LogP contribution in [0.1, 0.15) is 441 Å². The average Bonchev–Trinajstić information content (AvgIpc) is 0.900. The molecule has 0 aromatic carbocycles. The number of thioether (sulfide) groups is 3. The Morgan fingerprint density at radius 1 is 0.250 bits per heavy atom. The molecule has 0 aliphatic heterocycles. The number of carbonyl (C=O) groups excluding carboxylic acids is 9. The monoisotopic (exact) mass is 1970 g/mol. The zero-order valence-electron chi connectivity index (χ0n) is 89.1. The first-order valence-electron chi connectivity index (χ1n) is 55.2. The van der Waals surface area contributed by atoms with Crippen LogP contribution in [0.3, 0.4) is 0 Å². The van der Waals surface area contributed by atoms with Crippen LogP contribution in [-0.4, -0.2) is 237 Å². The van der Waals surface area contributed by atoms with E-state index in [1.54, 1.807) is 9.80 Å². The lowest BCUT2D eigenvalue weighted by Gasteiger charge is -2.24. The van der Waals surface area contributed by atoms with Crippen LogP contribution < -0.4 is 0 Å². The second kappa shape index (κ2) is 98.6. The molecule has 0 aliphatic rings. The highest BCUT2D eigenvalue weighted by atomic mass is 32.2. The Kier molecular flexibility index (Phi) is 94.9. The first-order chi connectivity index (χ1) is 66.1. The van der Waals surface area contributed by atoms with E-state index in [1.807, 2.05) is 51.3 Å². The first kappa shape index (κ1) is 131. The fourth-order valence-corrected chi connectivity index (χ4v) is 18.8. The van der Waals surface area contributed by atoms with Crippen molar-refractivity contribution in [1.82, 2.24) is 29.4 Å². The van der Waals surface area contributed by atoms with Crippen LogP contribution in [0.15, 0.2) is 60.8 Å². The Balaban J connectivity index is 5.10. The van der Waals surface area contributed by atoms with E-state index in [-0.39, 0.29) is 123 Å². The van der Waals surface area contributed by atoms with Crippen molar-refractivity contribution < 1.29 is 71.6 Å². The van der Waals surface area contributed by atoms with Crippen molar-refractivity contribution in [3.8, 4) is 0 Å². The molecule has 0 rings (SSSR count). The Morgan fingerprint density at radius 2 is 0.574 bits per heavy atom. The number of unbranched alkanes of at least 4 members (excludes halogenated alkanes) is 34. The maximum atomic E-state index is 13.8. The molecule has 0 radical (unpaired) electrons. The van der Waals surface area contributed by atoms with Crippen LogP contribution in [0.25, 0.3) is 0 Å². The van der Waals surface area contributed by atoms with Gasteiger partial charge in [0.05, 0.1) is 0 Å². The minimum Gasteiger partial charge on any atom is -0.462 e. The summed E-state index contributed by atoms with van der Waals surface area (Å²) in [6.45, 7) is 23.3. The molecule has 0 aromatic heterocycles. The van der Waals surface area contributed by atoms with E-state index in [1.165, 1.54) is 162 Å². The molecule has 0 saturated heterocycles. The number of rotatable bonds is 97. The van der Waals surface area contributed by atoms with E-state index in [0.29, 0.717) is 55.5 Å². The smallest absolute Gasteiger partial charge is 0.326 e. The van der Waals surface area contributed by atoms with Crippen LogP contribution in [0, 0.1) is 5.92 Å². The number of esters is 6. The van der Waals surface area contributed by atoms with E-state index in [0.717, 1.165) is 257 Å². The highest BCUT2D eigenvalue weighted by Crippen LogP contribution is 2.25. The number of allylic oxidation sites excluding steroid dienone is 7. The largest absolute Gasteiger partial charge is 0.462 e. The molecule has 790 valence electrons. The third kappa shape index (κ3) is 87.8. The van der Waals surface area contributed by atoms with Gasteiger partial charge in [-0.25, -0.2) is 0 Å². The molecule has 3 atom stereocenters. The van der Waals surface area contributed by atoms with Gasteiger partial charge in [-0.2, -0.15) is 0 Å². The Hall–Kier alpha value is -5.14. The second-order valence-corrected chi connectivity index (χ2v) is 41.4. The van der Waals surface area contributed by atoms with Gasteiger partial charge in [0.2, 0.25) is 0 Å². The standard InChI is InChI=1S/C112H204N6O15S3/c1-13-20-25-30-42-54-66-91-128-104(119)82-70-87-116(110(125)136-96-90-114(11)12)88-72-84-106(121)131-101(76-59-46-28-23-16-4)77-64-53-44-48-57-74-100(8)75-58-49-45-56-67-92-129-105(120)83-71-89-117(111(126)135-95-73-85-113(9)10)98-108(123)132-102(78-60-47-29-24-17-5)81-63-52-41-39-37-35-33-34-36-38-40-43-55-68-93-130-107(122)97-118(112(127)134-94-69-65-86-115(18-6)19-7)99-109(124)133-103(79-61-50-31-26-21-14-2)80-62-51-32-27-22-15-3/h28,44,46,53-56,66-68,100-103H,13-27,29-43,45,47-52,57-65,69-99H2,1-12H3/b46-28+,53-44+,66-54-,67-56-,68-55-. The molecular weight excluding hydrogens is 1770 g/mol. The Labute approximate surface area is 845 Å². The van der Waals surface area contributed by atoms with Gasteiger partial charge in [-0.05, 0) is 234 Å². The van der Waals surface area contributed by atoms with E-state index in [4.69, 9.17) is 28.4 Å². The van der Waals surface area contributed by atoms with Crippen molar-refractivity contribution in [3.63, 3.8) is 0 Å². The fraction of sp³-hybridized carbons (Fsp3) is 0.830. The van der Waals surface area contributed by atoms with Gasteiger partial charge in [0, 0.05) is 62.7 Å². The first-order valence-corrected chi connectivity index (χ1v) is 58.2. The molecule has 3 unspecified atom stereocenters. The number of amides is 3. The maximum absolute atomic E-state index is 13.8. The van der Waals surface area contributed by atoms with Gasteiger partial charge in [0.15, 0.2) is 0 Å². The molecular formula is C112H204N6O15S3. The minimum absolute atomic E-state index is 0.0383. The second-order valence-electron chi connectivity index (χ2n) is 38.2. The SMILES string of the molecule is CCC/C=C/CCC(CC/C=C/CCCC(C)CCCC/C=C\COC(=O)CCCN(CC(=O)OC(CCCCCCC)CCCCCCCCCCCCC/C=C\COC(=O)CN(CC(=O)OC(CCCCCCCC)CCCCCCCC)C(=O)SCCCCN(CC)CC)C(=O)SCCCN(C)C)OC(=O)CCCN(CCCC(=O)OC/C=C\CCCCCC)C(=O)SCCN(C)C. The Bertz CT molecular complexity index is 3010. The van der Waals surface area contributed by atoms with Crippen LogP contribution >= 0.6 is 35.3 Å². The number of hydrogen-bond acceptors (Lipinski definition) is 21. The zero-order valence-corrected chi connectivity index (χ0v) is 91.5. The summed E-state index contributed by atoms with van der Waals surface area (Å²) in [6.07, 6.45) is 80.2. The normalized spacial score (nSPS) is 12.6. The summed E-state index contributed by atoms with van der Waals surface area (Å²) < 4.78 is 35.1. The molecule has 24 heteroatoms. The zero-order chi connectivity index (χ0) is 99.9. The van der Waals surface area contributed by atoms with Gasteiger partial charge in [-0.1, -0.05) is 344 Å². The van der Waals surface area contributed by atoms with Crippen LogP contribution in [0.5, 0.6) is 0 Å². The number of nitrogens with zero attached hydrogens (tertiary/aromatic N) is 6. The van der Waals surface area contributed by atoms with E-state index < -0.39 is 11.9 Å². The molecule has 21 nitrogen and oxygen atoms in total. The van der Waals surface area contributed by atoms with Crippen molar-refractivity contribution in [2.24, 2.45) is 5.92 Å². The van der Waals surface area contributed by atoms with Gasteiger partial charge in [0.25, 0.3) is 15.7 Å². The number of hydrogen-bond donors (Lipinski definition) is 0. The molecule has 0 bridgehead atoms. The lowest BCUT2D eigenvalue weighted by molar-refractivity contribution is -0.152. The summed E-state index contributed by atoms with van der Waals surface area (Å²) in [5, 5.41) is -0.500. The van der Waals surface area contributed by atoms with Crippen LogP contribution in [-0.2, 0) is 57.2 Å². The summed E-state index contributed by atoms with van der Waals surface area (Å²) in [7, 11) is 7.99. The van der Waals surface area contributed by atoms with Gasteiger partial charge >= 0.3 is 35.8 Å². The summed E-state index contributed by atoms with van der Waals surface area (Å²) in [4.78, 5) is 131.